The van der Waals surface area contributed by atoms with E-state index in [4.69, 9.17) is 19.7 Å². The normalized spacial score (nSPS) is 25.2. The Kier molecular flexibility index (Phi) is 7.67. The molecule has 32 heavy (non-hydrogen) atoms. The average molecular weight is 471 g/mol. The third-order valence-corrected chi connectivity index (χ3v) is 6.15. The number of hydrogen-bond acceptors (Lipinski definition) is 11. The van der Waals surface area contributed by atoms with E-state index in [2.05, 4.69) is 25.4 Å². The second kappa shape index (κ2) is 10.1. The van der Waals surface area contributed by atoms with Crippen LogP contribution in [0.5, 0.6) is 0 Å². The number of nitrogens with zero attached hydrogens (tertiary/aromatic N) is 4. The van der Waals surface area contributed by atoms with Gasteiger partial charge < -0.3 is 30.2 Å². The van der Waals surface area contributed by atoms with Crippen LogP contribution in [0.4, 0.5) is 11.8 Å². The quantitative estimate of drug-likeness (QED) is 0.298. The molecule has 0 aromatic carbocycles. The highest BCUT2D eigenvalue weighted by Gasteiger charge is 2.43. The lowest BCUT2D eigenvalue weighted by atomic mass is 10.0. The molecule has 0 spiro atoms. The van der Waals surface area contributed by atoms with Gasteiger partial charge in [-0.3, -0.25) is 13.9 Å². The number of nitrogens with one attached hydrogen (secondary N) is 2. The SMILES string of the molecule is CNc1nc(N)nc2c1ncn2[C@@H]1O[C@H](CO[PH](=O)N[C@H](C)C(=O)OC(C)C)[C@@H](O)[C@@H]1C. The maximum Gasteiger partial charge on any atom is 0.323 e. The van der Waals surface area contributed by atoms with Crippen LogP contribution in [0, 0.1) is 5.92 Å². The molecule has 1 aliphatic heterocycles. The zero-order valence-electron chi connectivity index (χ0n) is 18.6. The first-order valence-electron chi connectivity index (χ1n) is 10.3. The molecule has 0 radical (unpaired) electrons. The van der Waals surface area contributed by atoms with Crippen LogP contribution in [0.25, 0.3) is 11.2 Å². The largest absolute Gasteiger partial charge is 0.462 e. The van der Waals surface area contributed by atoms with E-state index in [-0.39, 0.29) is 24.6 Å². The van der Waals surface area contributed by atoms with E-state index in [9.17, 15) is 14.5 Å². The van der Waals surface area contributed by atoms with Crippen molar-refractivity contribution in [2.45, 2.75) is 58.3 Å². The van der Waals surface area contributed by atoms with Crippen LogP contribution in [0.1, 0.15) is 33.9 Å². The first-order chi connectivity index (χ1) is 15.1. The number of imidazole rings is 1. The van der Waals surface area contributed by atoms with E-state index in [1.807, 2.05) is 6.92 Å². The van der Waals surface area contributed by atoms with E-state index in [1.54, 1.807) is 31.8 Å². The van der Waals surface area contributed by atoms with Crippen molar-refractivity contribution < 1.29 is 28.5 Å². The van der Waals surface area contributed by atoms with E-state index in [0.717, 1.165) is 0 Å². The molecule has 0 bridgehead atoms. The molecule has 178 valence electrons. The van der Waals surface area contributed by atoms with Gasteiger partial charge in [0.25, 0.3) is 8.18 Å². The Labute approximate surface area is 186 Å². The lowest BCUT2D eigenvalue weighted by Gasteiger charge is -2.18. The average Bonchev–Trinajstić information content (AvgIpc) is 3.26. The van der Waals surface area contributed by atoms with Gasteiger partial charge in [0, 0.05) is 13.0 Å². The summed E-state index contributed by atoms with van der Waals surface area (Å²) in [5.74, 6) is -0.316. The van der Waals surface area contributed by atoms with Gasteiger partial charge in [-0.2, -0.15) is 9.97 Å². The summed E-state index contributed by atoms with van der Waals surface area (Å²) in [7, 11) is -1.07. The standard InChI is InChI=1S/C18H30N7O6P/c1-8(2)30-17(27)10(4)24-32(28)29-6-11-13(26)9(3)16(31-11)25-7-21-12-14(20-5)22-18(19)23-15(12)25/h7-11,13,16,26,32H,6H2,1-5H3,(H,24,28)(H3,19,20,22,23)/t9-,10+,11+,13-,16+/m0/s1. The fourth-order valence-corrected chi connectivity index (χ4v) is 4.28. The van der Waals surface area contributed by atoms with Gasteiger partial charge in [-0.05, 0) is 20.8 Å². The summed E-state index contributed by atoms with van der Waals surface area (Å²) in [4.78, 5) is 24.5. The highest BCUT2D eigenvalue weighted by atomic mass is 31.1. The fourth-order valence-electron chi connectivity index (χ4n) is 3.41. The van der Waals surface area contributed by atoms with Gasteiger partial charge in [0.15, 0.2) is 17.0 Å². The highest BCUT2D eigenvalue weighted by molar-refractivity contribution is 7.36. The number of anilines is 2. The molecule has 14 heteroatoms. The van der Waals surface area contributed by atoms with Crippen LogP contribution in [0.3, 0.4) is 0 Å². The number of carbonyl (C=O) groups excluding carboxylic acids is 1. The van der Waals surface area contributed by atoms with E-state index >= 15 is 0 Å². The number of esters is 1. The van der Waals surface area contributed by atoms with E-state index < -0.39 is 38.6 Å². The summed E-state index contributed by atoms with van der Waals surface area (Å²) < 4.78 is 30.3. The maximum absolute atomic E-state index is 12.2. The Balaban J connectivity index is 1.65. The Bertz CT molecular complexity index is 986. The predicted molar refractivity (Wildman–Crippen MR) is 117 cm³/mol. The number of nitrogens with two attached hydrogens (primary N) is 1. The highest BCUT2D eigenvalue weighted by Crippen LogP contribution is 2.37. The summed E-state index contributed by atoms with van der Waals surface area (Å²) in [6.07, 6.45) is -0.969. The molecule has 0 amide bonds. The summed E-state index contributed by atoms with van der Waals surface area (Å²) >= 11 is 0. The molecule has 2 aromatic rings. The molecule has 3 rings (SSSR count). The van der Waals surface area contributed by atoms with Gasteiger partial charge >= 0.3 is 5.97 Å². The van der Waals surface area contributed by atoms with Gasteiger partial charge in [-0.15, -0.1) is 0 Å². The molecular formula is C18H30N7O6P. The van der Waals surface area contributed by atoms with Crippen molar-refractivity contribution in [3.05, 3.63) is 6.33 Å². The monoisotopic (exact) mass is 471 g/mol. The summed E-state index contributed by atoms with van der Waals surface area (Å²) in [6, 6.07) is -0.797. The number of fused-ring (bicyclic) bond motifs is 1. The number of ether oxygens (including phenoxy) is 2. The smallest absolute Gasteiger partial charge is 0.323 e. The molecule has 1 unspecified atom stereocenters. The third-order valence-electron chi connectivity index (χ3n) is 5.05. The second-order valence-corrected chi connectivity index (χ2v) is 9.02. The molecule has 2 aromatic heterocycles. The van der Waals surface area contributed by atoms with Crippen molar-refractivity contribution in [3.8, 4) is 0 Å². The number of aromatic nitrogens is 4. The van der Waals surface area contributed by atoms with Gasteiger partial charge in [-0.1, -0.05) is 6.92 Å². The molecule has 5 N–H and O–H groups in total. The summed E-state index contributed by atoms with van der Waals surface area (Å²) in [5, 5.41) is 16.1. The van der Waals surface area contributed by atoms with Crippen LogP contribution >= 0.6 is 8.18 Å². The number of aliphatic hydroxyl groups is 1. The van der Waals surface area contributed by atoms with Crippen molar-refractivity contribution in [3.63, 3.8) is 0 Å². The number of rotatable bonds is 9. The number of aliphatic hydroxyl groups excluding tert-OH is 1. The summed E-state index contributed by atoms with van der Waals surface area (Å²) in [6.45, 7) is 6.67. The molecule has 3 heterocycles. The lowest BCUT2D eigenvalue weighted by molar-refractivity contribution is -0.149. The van der Waals surface area contributed by atoms with Crippen LogP contribution in [0.15, 0.2) is 6.33 Å². The maximum atomic E-state index is 12.2. The van der Waals surface area contributed by atoms with E-state index in [1.165, 1.54) is 6.92 Å². The van der Waals surface area contributed by atoms with Gasteiger partial charge in [-0.25, -0.2) is 10.1 Å². The van der Waals surface area contributed by atoms with Crippen LogP contribution in [-0.2, 0) is 23.4 Å². The van der Waals surface area contributed by atoms with Gasteiger partial charge in [0.05, 0.1) is 25.1 Å². The van der Waals surface area contributed by atoms with Crippen molar-refractivity contribution in [2.75, 3.05) is 24.7 Å². The number of nitrogen functional groups attached to an aromatic ring is 1. The molecule has 1 fully saturated rings. The zero-order chi connectivity index (χ0) is 23.6. The molecule has 13 nitrogen and oxygen atoms in total. The van der Waals surface area contributed by atoms with Crippen LogP contribution < -0.4 is 16.1 Å². The zero-order valence-corrected chi connectivity index (χ0v) is 19.6. The van der Waals surface area contributed by atoms with Gasteiger partial charge in [0.2, 0.25) is 5.95 Å². The molecule has 6 atom stereocenters. The second-order valence-electron chi connectivity index (χ2n) is 7.87. The first kappa shape index (κ1) is 24.3. The third kappa shape index (κ3) is 5.18. The molecule has 0 saturated carbocycles. The van der Waals surface area contributed by atoms with Crippen molar-refractivity contribution >= 4 is 37.1 Å². The van der Waals surface area contributed by atoms with Gasteiger partial charge in [0.1, 0.15) is 18.4 Å². The van der Waals surface area contributed by atoms with Crippen molar-refractivity contribution in [1.29, 1.82) is 0 Å². The summed E-state index contributed by atoms with van der Waals surface area (Å²) in [5.41, 5.74) is 6.78. The first-order valence-corrected chi connectivity index (χ1v) is 11.6. The molecule has 1 aliphatic rings. The lowest BCUT2D eigenvalue weighted by Crippen LogP contribution is -2.33. The molecule has 1 saturated heterocycles. The molecule has 0 aliphatic carbocycles. The fraction of sp³-hybridized carbons (Fsp3) is 0.667. The minimum Gasteiger partial charge on any atom is -0.462 e. The number of hydrogen-bond donors (Lipinski definition) is 4. The predicted octanol–water partition coefficient (Wildman–Crippen LogP) is 0.681. The van der Waals surface area contributed by atoms with Crippen molar-refractivity contribution in [1.82, 2.24) is 24.6 Å². The Morgan fingerprint density at radius 1 is 1.41 bits per heavy atom. The number of carbonyl (C=O) groups is 1. The Hall–Kier alpha value is -2.31. The van der Waals surface area contributed by atoms with Crippen LogP contribution in [-0.4, -0.2) is 68.6 Å². The topological polar surface area (TPSA) is 176 Å². The van der Waals surface area contributed by atoms with E-state index in [0.29, 0.717) is 17.0 Å². The molecular weight excluding hydrogens is 441 g/mol. The minimum absolute atomic E-state index is 0.0736. The van der Waals surface area contributed by atoms with Crippen LogP contribution in [0.2, 0.25) is 0 Å². The minimum atomic E-state index is -2.77. The Morgan fingerprint density at radius 3 is 2.78 bits per heavy atom. The Morgan fingerprint density at radius 2 is 2.12 bits per heavy atom. The van der Waals surface area contributed by atoms with Crippen molar-refractivity contribution in [2.24, 2.45) is 5.92 Å².